The van der Waals surface area contributed by atoms with E-state index in [0.29, 0.717) is 13.1 Å². The minimum absolute atomic E-state index is 0.00771. The molecule has 1 aromatic heterocycles. The van der Waals surface area contributed by atoms with E-state index in [1.807, 2.05) is 24.3 Å². The summed E-state index contributed by atoms with van der Waals surface area (Å²) in [6, 6.07) is 14.1. The number of H-pyrrole nitrogens is 1. The van der Waals surface area contributed by atoms with E-state index >= 15 is 0 Å². The van der Waals surface area contributed by atoms with Crippen LogP contribution in [-0.2, 0) is 11.2 Å². The number of ether oxygens (including phenoxy) is 1. The van der Waals surface area contributed by atoms with E-state index in [1.165, 1.54) is 22.0 Å². The van der Waals surface area contributed by atoms with Gasteiger partial charge in [0.05, 0.1) is 5.69 Å². The van der Waals surface area contributed by atoms with Crippen LogP contribution in [0.4, 0.5) is 5.69 Å². The highest BCUT2D eigenvalue weighted by atomic mass is 16.5. The van der Waals surface area contributed by atoms with Crippen LogP contribution in [0.2, 0.25) is 0 Å². The second kappa shape index (κ2) is 10.2. The van der Waals surface area contributed by atoms with Crippen molar-refractivity contribution in [2.75, 3.05) is 37.7 Å². The van der Waals surface area contributed by atoms with Crippen molar-refractivity contribution in [2.24, 2.45) is 4.99 Å². The highest BCUT2D eigenvalue weighted by Gasteiger charge is 2.24. The van der Waals surface area contributed by atoms with Gasteiger partial charge in [-0.3, -0.25) is 9.79 Å². The van der Waals surface area contributed by atoms with E-state index < -0.39 is 0 Å². The third kappa shape index (κ3) is 4.88. The molecule has 3 aromatic rings. The lowest BCUT2D eigenvalue weighted by Gasteiger charge is -2.29. The second-order valence-electron chi connectivity index (χ2n) is 7.90. The Labute approximate surface area is 188 Å². The first-order valence-electron chi connectivity index (χ1n) is 11.3. The summed E-state index contributed by atoms with van der Waals surface area (Å²) in [5.41, 5.74) is 4.61. The minimum Gasteiger partial charge on any atom is -0.482 e. The Hall–Kier alpha value is -3.48. The Morgan fingerprint density at radius 1 is 1.19 bits per heavy atom. The number of guanidine groups is 1. The molecule has 1 aliphatic rings. The highest BCUT2D eigenvalue weighted by molar-refractivity contribution is 5.97. The van der Waals surface area contributed by atoms with Gasteiger partial charge in [-0.05, 0) is 49.9 Å². The van der Waals surface area contributed by atoms with Gasteiger partial charge in [-0.2, -0.15) is 0 Å². The first-order valence-corrected chi connectivity index (χ1v) is 11.3. The number of rotatable bonds is 8. The van der Waals surface area contributed by atoms with E-state index in [2.05, 4.69) is 53.9 Å². The summed E-state index contributed by atoms with van der Waals surface area (Å²) in [6.07, 6.45) is 3.78. The fourth-order valence-electron chi connectivity index (χ4n) is 4.05. The van der Waals surface area contributed by atoms with Gasteiger partial charge in [-0.1, -0.05) is 30.3 Å². The van der Waals surface area contributed by atoms with Crippen LogP contribution in [0.15, 0.2) is 53.7 Å². The fourth-order valence-corrected chi connectivity index (χ4v) is 4.05. The molecular formula is C25H31N5O2. The Morgan fingerprint density at radius 2 is 2.06 bits per heavy atom. The predicted molar refractivity (Wildman–Crippen MR) is 130 cm³/mol. The van der Waals surface area contributed by atoms with Crippen LogP contribution in [-0.4, -0.2) is 49.6 Å². The van der Waals surface area contributed by atoms with Gasteiger partial charge >= 0.3 is 0 Å². The summed E-state index contributed by atoms with van der Waals surface area (Å²) in [4.78, 5) is 22.2. The molecule has 168 valence electrons. The van der Waals surface area contributed by atoms with Crippen LogP contribution in [0.3, 0.4) is 0 Å². The minimum atomic E-state index is -0.00771. The summed E-state index contributed by atoms with van der Waals surface area (Å²) >= 11 is 0. The molecule has 7 nitrogen and oxygen atoms in total. The van der Waals surface area contributed by atoms with Gasteiger partial charge in [-0.25, -0.2) is 0 Å². The standard InChI is InChI=1S/C25H31N5O2/c1-3-26-25(28-14-12-19-16-29-24-18(2)8-6-9-20(19)24)27-13-7-15-30-21-10-4-5-11-22(21)32-17-23(30)31/h4-6,8-11,16,29H,3,7,12-15,17H2,1-2H3,(H2,26,27,28). The number of hydrogen-bond donors (Lipinski definition) is 3. The molecule has 0 unspecified atom stereocenters. The number of anilines is 1. The Balaban J connectivity index is 1.30. The summed E-state index contributed by atoms with van der Waals surface area (Å²) in [6.45, 7) is 7.13. The van der Waals surface area contributed by atoms with Crippen molar-refractivity contribution in [3.05, 3.63) is 59.8 Å². The number of aromatic nitrogens is 1. The first kappa shape index (κ1) is 21.7. The number of benzene rings is 2. The fraction of sp³-hybridized carbons (Fsp3) is 0.360. The van der Waals surface area contributed by atoms with E-state index in [0.717, 1.165) is 43.3 Å². The number of aryl methyl sites for hydroxylation is 1. The van der Waals surface area contributed by atoms with Crippen LogP contribution in [0, 0.1) is 6.92 Å². The van der Waals surface area contributed by atoms with E-state index in [9.17, 15) is 4.79 Å². The van der Waals surface area contributed by atoms with E-state index in [-0.39, 0.29) is 12.5 Å². The molecule has 0 saturated heterocycles. The average molecular weight is 434 g/mol. The van der Waals surface area contributed by atoms with Gasteiger partial charge in [0.15, 0.2) is 12.6 Å². The molecular weight excluding hydrogens is 402 g/mol. The summed E-state index contributed by atoms with van der Waals surface area (Å²) < 4.78 is 5.51. The summed E-state index contributed by atoms with van der Waals surface area (Å²) in [5, 5.41) is 8.01. The van der Waals surface area contributed by atoms with Crippen LogP contribution >= 0.6 is 0 Å². The molecule has 0 aliphatic carbocycles. The number of fused-ring (bicyclic) bond motifs is 2. The third-order valence-corrected chi connectivity index (χ3v) is 5.66. The largest absolute Gasteiger partial charge is 0.482 e. The number of nitrogens with one attached hydrogen (secondary N) is 3. The number of aromatic amines is 1. The number of nitrogens with zero attached hydrogens (tertiary/aromatic N) is 2. The van der Waals surface area contributed by atoms with Crippen molar-refractivity contribution in [3.63, 3.8) is 0 Å². The number of amides is 1. The molecule has 0 radical (unpaired) electrons. The Kier molecular flexibility index (Phi) is 6.94. The molecule has 2 aromatic carbocycles. The highest BCUT2D eigenvalue weighted by Crippen LogP contribution is 2.31. The van der Waals surface area contributed by atoms with Gasteiger partial charge in [0.2, 0.25) is 0 Å². The lowest BCUT2D eigenvalue weighted by atomic mass is 10.1. The van der Waals surface area contributed by atoms with Crippen molar-refractivity contribution < 1.29 is 9.53 Å². The van der Waals surface area contributed by atoms with E-state index in [1.54, 1.807) is 4.90 Å². The number of carbonyl (C=O) groups is 1. The lowest BCUT2D eigenvalue weighted by molar-refractivity contribution is -0.121. The summed E-state index contributed by atoms with van der Waals surface area (Å²) in [5.74, 6) is 1.56. The molecule has 0 atom stereocenters. The zero-order valence-corrected chi connectivity index (χ0v) is 18.8. The van der Waals surface area contributed by atoms with E-state index in [4.69, 9.17) is 9.73 Å². The maximum atomic E-state index is 12.3. The van der Waals surface area contributed by atoms with Crippen molar-refractivity contribution >= 4 is 28.5 Å². The summed E-state index contributed by atoms with van der Waals surface area (Å²) in [7, 11) is 0. The number of carbonyl (C=O) groups excluding carboxylic acids is 1. The average Bonchev–Trinajstić information content (AvgIpc) is 3.22. The zero-order chi connectivity index (χ0) is 22.3. The Morgan fingerprint density at radius 3 is 2.94 bits per heavy atom. The number of para-hydroxylation sites is 3. The molecule has 3 N–H and O–H groups in total. The van der Waals surface area contributed by atoms with Crippen molar-refractivity contribution in [1.82, 2.24) is 15.6 Å². The predicted octanol–water partition coefficient (Wildman–Crippen LogP) is 3.39. The van der Waals surface area contributed by atoms with Gasteiger partial charge < -0.3 is 25.3 Å². The maximum absolute atomic E-state index is 12.3. The smallest absolute Gasteiger partial charge is 0.265 e. The van der Waals surface area contributed by atoms with Crippen LogP contribution in [0.25, 0.3) is 10.9 Å². The first-order chi connectivity index (χ1) is 15.7. The Bertz CT molecular complexity index is 1100. The van der Waals surface area contributed by atoms with Crippen LogP contribution in [0.5, 0.6) is 5.75 Å². The van der Waals surface area contributed by atoms with Gasteiger partial charge in [0, 0.05) is 43.3 Å². The second-order valence-corrected chi connectivity index (χ2v) is 7.90. The molecule has 1 amide bonds. The quantitative estimate of drug-likeness (QED) is 0.289. The lowest BCUT2D eigenvalue weighted by Crippen LogP contribution is -2.40. The van der Waals surface area contributed by atoms with Gasteiger partial charge in [0.25, 0.3) is 5.91 Å². The molecule has 0 saturated carbocycles. The van der Waals surface area contributed by atoms with Crippen molar-refractivity contribution in [2.45, 2.75) is 26.7 Å². The molecule has 0 spiro atoms. The normalized spacial score (nSPS) is 13.8. The molecule has 0 fully saturated rings. The molecule has 0 bridgehead atoms. The molecule has 7 heteroatoms. The van der Waals surface area contributed by atoms with Crippen molar-refractivity contribution in [3.8, 4) is 5.75 Å². The third-order valence-electron chi connectivity index (χ3n) is 5.66. The monoisotopic (exact) mass is 433 g/mol. The number of hydrogen-bond acceptors (Lipinski definition) is 3. The molecule has 1 aliphatic heterocycles. The van der Waals surface area contributed by atoms with Crippen LogP contribution in [0.1, 0.15) is 24.5 Å². The SMILES string of the molecule is CCNC(=NCCCN1C(=O)COc2ccccc21)NCCc1c[nH]c2c(C)cccc12. The molecule has 4 rings (SSSR count). The maximum Gasteiger partial charge on any atom is 0.265 e. The number of aliphatic imine (C=N–C) groups is 1. The molecule has 32 heavy (non-hydrogen) atoms. The van der Waals surface area contributed by atoms with Crippen molar-refractivity contribution in [1.29, 1.82) is 0 Å². The topological polar surface area (TPSA) is 81.8 Å². The molecule has 2 heterocycles. The van der Waals surface area contributed by atoms with Gasteiger partial charge in [0.1, 0.15) is 5.75 Å². The zero-order valence-electron chi connectivity index (χ0n) is 18.8. The van der Waals surface area contributed by atoms with Crippen LogP contribution < -0.4 is 20.3 Å². The van der Waals surface area contributed by atoms with Gasteiger partial charge in [-0.15, -0.1) is 0 Å².